The van der Waals surface area contributed by atoms with Gasteiger partial charge in [-0.2, -0.15) is 0 Å². The maximum absolute atomic E-state index is 12.2. The summed E-state index contributed by atoms with van der Waals surface area (Å²) in [5.41, 5.74) is 4.90. The van der Waals surface area contributed by atoms with Crippen molar-refractivity contribution >= 4 is 40.9 Å². The monoisotopic (exact) mass is 401 g/mol. The van der Waals surface area contributed by atoms with E-state index in [1.54, 1.807) is 41.8 Å². The van der Waals surface area contributed by atoms with Crippen LogP contribution in [-0.4, -0.2) is 47.6 Å². The predicted octanol–water partition coefficient (Wildman–Crippen LogP) is 0.739. The van der Waals surface area contributed by atoms with Gasteiger partial charge in [-0.3, -0.25) is 39.7 Å². The molecule has 1 aliphatic heterocycles. The van der Waals surface area contributed by atoms with Gasteiger partial charge in [-0.25, -0.2) is 0 Å². The van der Waals surface area contributed by atoms with Crippen LogP contribution in [0, 0.1) is 0 Å². The van der Waals surface area contributed by atoms with Crippen LogP contribution in [0.3, 0.4) is 0 Å². The van der Waals surface area contributed by atoms with Crippen molar-refractivity contribution in [1.82, 2.24) is 15.8 Å². The molecule has 1 aliphatic rings. The number of imide groups is 1. The summed E-state index contributed by atoms with van der Waals surface area (Å²) < 4.78 is 4.79. The van der Waals surface area contributed by atoms with Crippen LogP contribution in [0.15, 0.2) is 41.8 Å². The number of esters is 1. The first-order chi connectivity index (χ1) is 13.5. The second-order valence-electron chi connectivity index (χ2n) is 5.70. The fourth-order valence-electron chi connectivity index (χ4n) is 2.50. The number of benzene rings is 1. The van der Waals surface area contributed by atoms with E-state index in [1.165, 1.54) is 11.3 Å². The lowest BCUT2D eigenvalue weighted by Crippen LogP contribution is -2.43. The van der Waals surface area contributed by atoms with Gasteiger partial charge in [0.2, 0.25) is 0 Å². The minimum absolute atomic E-state index is 0.151. The molecule has 1 aromatic heterocycles. The zero-order chi connectivity index (χ0) is 20.1. The Morgan fingerprint density at radius 3 is 2.25 bits per heavy atom. The number of hydrogen-bond acceptors (Lipinski definition) is 7. The third-order valence-corrected chi connectivity index (χ3v) is 4.71. The number of ether oxygens (including phenoxy) is 1. The molecule has 3 rings (SSSR count). The highest BCUT2D eigenvalue weighted by molar-refractivity contribution is 7.12. The number of thiophene rings is 1. The van der Waals surface area contributed by atoms with Gasteiger partial charge in [0.15, 0.2) is 6.61 Å². The highest BCUT2D eigenvalue weighted by atomic mass is 32.1. The molecule has 0 saturated carbocycles. The summed E-state index contributed by atoms with van der Waals surface area (Å²) >= 11 is 1.21. The number of nitrogens with zero attached hydrogens (tertiary/aromatic N) is 1. The van der Waals surface area contributed by atoms with Crippen LogP contribution < -0.4 is 10.9 Å². The average molecular weight is 401 g/mol. The molecule has 9 nitrogen and oxygen atoms in total. The van der Waals surface area contributed by atoms with Gasteiger partial charge in [0.1, 0.15) is 0 Å². The van der Waals surface area contributed by atoms with Crippen molar-refractivity contribution in [1.29, 1.82) is 0 Å². The van der Waals surface area contributed by atoms with Gasteiger partial charge in [-0.1, -0.05) is 18.2 Å². The van der Waals surface area contributed by atoms with E-state index in [4.69, 9.17) is 4.74 Å². The molecule has 0 unspecified atom stereocenters. The molecule has 144 valence electrons. The number of amides is 4. The van der Waals surface area contributed by atoms with Crippen molar-refractivity contribution in [3.05, 3.63) is 57.8 Å². The molecule has 10 heteroatoms. The van der Waals surface area contributed by atoms with E-state index in [9.17, 15) is 24.0 Å². The summed E-state index contributed by atoms with van der Waals surface area (Å²) in [6.07, 6.45) is -0.250. The van der Waals surface area contributed by atoms with Crippen molar-refractivity contribution in [3.63, 3.8) is 0 Å². The number of fused-ring (bicyclic) bond motifs is 1. The van der Waals surface area contributed by atoms with Gasteiger partial charge in [0.25, 0.3) is 23.6 Å². The molecule has 0 radical (unpaired) electrons. The van der Waals surface area contributed by atoms with Gasteiger partial charge < -0.3 is 4.74 Å². The highest BCUT2D eigenvalue weighted by Gasteiger charge is 2.35. The van der Waals surface area contributed by atoms with E-state index in [-0.39, 0.29) is 13.0 Å². The molecule has 2 aromatic rings. The molecule has 1 aromatic carbocycles. The molecule has 0 atom stereocenters. The van der Waals surface area contributed by atoms with Crippen molar-refractivity contribution < 1.29 is 28.7 Å². The topological polar surface area (TPSA) is 122 Å². The van der Waals surface area contributed by atoms with Crippen LogP contribution in [0.5, 0.6) is 0 Å². The van der Waals surface area contributed by atoms with Crippen LogP contribution in [0.1, 0.15) is 36.8 Å². The first-order valence-corrected chi connectivity index (χ1v) is 9.09. The van der Waals surface area contributed by atoms with E-state index < -0.39 is 36.2 Å². The van der Waals surface area contributed by atoms with Crippen LogP contribution >= 0.6 is 11.3 Å². The molecule has 2 N–H and O–H groups in total. The maximum atomic E-state index is 12.2. The van der Waals surface area contributed by atoms with Gasteiger partial charge in [-0.05, 0) is 23.6 Å². The summed E-state index contributed by atoms with van der Waals surface area (Å²) in [5.74, 6) is -2.90. The molecular weight excluding hydrogens is 386 g/mol. The zero-order valence-electron chi connectivity index (χ0n) is 14.5. The first-order valence-electron chi connectivity index (χ1n) is 8.21. The summed E-state index contributed by atoms with van der Waals surface area (Å²) in [7, 11) is 0. The maximum Gasteiger partial charge on any atom is 0.308 e. The summed E-state index contributed by atoms with van der Waals surface area (Å²) in [5, 5.41) is 1.72. The number of nitrogens with one attached hydrogen (secondary N) is 2. The molecule has 4 amide bonds. The predicted molar refractivity (Wildman–Crippen MR) is 97.3 cm³/mol. The Bertz CT molecular complexity index is 906. The van der Waals surface area contributed by atoms with Crippen LogP contribution in [0.25, 0.3) is 0 Å². The minimum Gasteiger partial charge on any atom is -0.455 e. The fraction of sp³-hybridized carbons (Fsp3) is 0.167. The fourth-order valence-corrected chi connectivity index (χ4v) is 3.11. The Balaban J connectivity index is 1.39. The summed E-state index contributed by atoms with van der Waals surface area (Å²) in [6, 6.07) is 9.67. The lowest BCUT2D eigenvalue weighted by Gasteiger charge is -2.13. The molecule has 0 fully saturated rings. The van der Waals surface area contributed by atoms with E-state index in [1.807, 2.05) is 0 Å². The second-order valence-corrected chi connectivity index (χ2v) is 6.65. The molecule has 28 heavy (non-hydrogen) atoms. The molecule has 0 bridgehead atoms. The Kier molecular flexibility index (Phi) is 5.80. The SMILES string of the molecule is O=C(COC(=O)CCN1C(=O)c2ccccc2C1=O)NNC(=O)c1cccs1. The standard InChI is InChI=1S/C18H15N3O6S/c22-14(19-20-16(24)13-6-3-9-28-13)10-27-15(23)7-8-21-17(25)11-4-1-2-5-12(11)18(21)26/h1-6,9H,7-8,10H2,(H,19,22)(H,20,24). The van der Waals surface area contributed by atoms with Gasteiger partial charge in [-0.15, -0.1) is 11.3 Å². The molecule has 0 spiro atoms. The second kappa shape index (κ2) is 8.44. The Morgan fingerprint density at radius 2 is 1.64 bits per heavy atom. The highest BCUT2D eigenvalue weighted by Crippen LogP contribution is 2.22. The Labute approximate surface area is 163 Å². The summed E-state index contributed by atoms with van der Waals surface area (Å²) in [4.78, 5) is 60.8. The quantitative estimate of drug-likeness (QED) is 0.418. The number of carbonyl (C=O) groups excluding carboxylic acids is 5. The van der Waals surface area contributed by atoms with Crippen LogP contribution in [0.4, 0.5) is 0 Å². The number of hydrogen-bond donors (Lipinski definition) is 2. The van der Waals surface area contributed by atoms with Crippen molar-refractivity contribution in [2.45, 2.75) is 6.42 Å². The number of hydrazine groups is 1. The Hall–Kier alpha value is -3.53. The van der Waals surface area contributed by atoms with Gasteiger partial charge in [0.05, 0.1) is 22.4 Å². The van der Waals surface area contributed by atoms with Gasteiger partial charge in [0, 0.05) is 6.54 Å². The van der Waals surface area contributed by atoms with E-state index in [2.05, 4.69) is 10.9 Å². The summed E-state index contributed by atoms with van der Waals surface area (Å²) in [6.45, 7) is -0.756. The lowest BCUT2D eigenvalue weighted by molar-refractivity contribution is -0.148. The first kappa shape index (κ1) is 19.2. The van der Waals surface area contributed by atoms with E-state index in [0.717, 1.165) is 4.90 Å². The minimum atomic E-state index is -0.753. The third-order valence-electron chi connectivity index (χ3n) is 3.84. The molecule has 0 saturated heterocycles. The molecule has 0 aliphatic carbocycles. The average Bonchev–Trinajstić information content (AvgIpc) is 3.32. The molecule has 2 heterocycles. The largest absolute Gasteiger partial charge is 0.455 e. The van der Waals surface area contributed by atoms with E-state index in [0.29, 0.717) is 16.0 Å². The molecular formula is C18H15N3O6S. The number of rotatable bonds is 6. The third kappa shape index (κ3) is 4.23. The Morgan fingerprint density at radius 1 is 0.964 bits per heavy atom. The van der Waals surface area contributed by atoms with E-state index >= 15 is 0 Å². The number of carbonyl (C=O) groups is 5. The van der Waals surface area contributed by atoms with Crippen molar-refractivity contribution in [2.75, 3.05) is 13.2 Å². The van der Waals surface area contributed by atoms with Crippen LogP contribution in [-0.2, 0) is 14.3 Å². The lowest BCUT2D eigenvalue weighted by atomic mass is 10.1. The van der Waals surface area contributed by atoms with Crippen molar-refractivity contribution in [3.8, 4) is 0 Å². The van der Waals surface area contributed by atoms with Crippen LogP contribution in [0.2, 0.25) is 0 Å². The van der Waals surface area contributed by atoms with Gasteiger partial charge >= 0.3 is 5.97 Å². The zero-order valence-corrected chi connectivity index (χ0v) is 15.3. The van der Waals surface area contributed by atoms with Crippen molar-refractivity contribution in [2.24, 2.45) is 0 Å². The smallest absolute Gasteiger partial charge is 0.308 e. The normalized spacial score (nSPS) is 12.5.